The Balaban J connectivity index is 1.32. The smallest absolute Gasteiger partial charge is 0.346 e. The fourth-order valence-corrected chi connectivity index (χ4v) is 3.77. The Morgan fingerprint density at radius 2 is 2.10 bits per heavy atom. The Bertz CT molecular complexity index is 1080. The van der Waals surface area contributed by atoms with Crippen molar-refractivity contribution in [3.05, 3.63) is 30.7 Å². The molecule has 158 valence electrons. The summed E-state index contributed by atoms with van der Waals surface area (Å²) in [4.78, 5) is 21.5. The summed E-state index contributed by atoms with van der Waals surface area (Å²) in [5.41, 5.74) is 2.44. The minimum Gasteiger partial charge on any atom is -0.346 e. The quantitative estimate of drug-likeness (QED) is 0.641. The van der Waals surface area contributed by atoms with Gasteiger partial charge in [-0.1, -0.05) is 0 Å². The van der Waals surface area contributed by atoms with Gasteiger partial charge in [0.1, 0.15) is 11.5 Å². The van der Waals surface area contributed by atoms with Crippen LogP contribution in [-0.4, -0.2) is 56.4 Å². The summed E-state index contributed by atoms with van der Waals surface area (Å²) < 4.78 is 38.9. The van der Waals surface area contributed by atoms with E-state index in [1.54, 1.807) is 22.0 Å². The molecule has 0 atom stereocenters. The van der Waals surface area contributed by atoms with E-state index in [-0.39, 0.29) is 24.4 Å². The molecule has 0 aromatic carbocycles. The van der Waals surface area contributed by atoms with Crippen molar-refractivity contribution in [2.45, 2.75) is 31.5 Å². The average molecular weight is 418 g/mol. The maximum Gasteiger partial charge on any atom is 0.390 e. The predicted octanol–water partition coefficient (Wildman–Crippen LogP) is 3.58. The monoisotopic (exact) mass is 418 g/mol. The maximum absolute atomic E-state index is 12.4. The SMILES string of the molecule is O=C(Nc1cc(-c2cnn(C3CN(CCC(F)(F)F)C3)c2)c2cc[nH]c2n1)C1CC1. The number of halogens is 3. The molecule has 10 heteroatoms. The number of likely N-dealkylation sites (tertiary alicyclic amines) is 1. The van der Waals surface area contributed by atoms with Crippen molar-refractivity contribution in [1.29, 1.82) is 0 Å². The van der Waals surface area contributed by atoms with Crippen molar-refractivity contribution in [3.63, 3.8) is 0 Å². The zero-order valence-corrected chi connectivity index (χ0v) is 16.1. The summed E-state index contributed by atoms with van der Waals surface area (Å²) in [5, 5.41) is 8.23. The van der Waals surface area contributed by atoms with Crippen LogP contribution >= 0.6 is 0 Å². The van der Waals surface area contributed by atoms with Gasteiger partial charge in [-0.3, -0.25) is 14.4 Å². The fraction of sp³-hybridized carbons (Fsp3) is 0.450. The molecule has 0 spiro atoms. The molecule has 1 amide bonds. The normalized spacial score (nSPS) is 18.0. The van der Waals surface area contributed by atoms with E-state index < -0.39 is 12.6 Å². The average Bonchev–Trinajstić information content (AvgIpc) is 3.21. The van der Waals surface area contributed by atoms with Crippen molar-refractivity contribution in [2.75, 3.05) is 25.0 Å². The van der Waals surface area contributed by atoms with Crippen LogP contribution in [0.25, 0.3) is 22.2 Å². The van der Waals surface area contributed by atoms with E-state index in [0.717, 1.165) is 29.4 Å². The molecule has 5 rings (SSSR count). The number of rotatable bonds is 6. The molecule has 0 bridgehead atoms. The Morgan fingerprint density at radius 1 is 1.30 bits per heavy atom. The predicted molar refractivity (Wildman–Crippen MR) is 105 cm³/mol. The molecule has 0 unspecified atom stereocenters. The second kappa shape index (κ2) is 7.12. The van der Waals surface area contributed by atoms with E-state index in [1.807, 2.05) is 18.3 Å². The summed E-state index contributed by atoms with van der Waals surface area (Å²) in [6.07, 6.45) is 2.35. The standard InChI is InChI=1S/C20H21F3N6O/c21-20(22,23)4-6-28-10-14(11-28)29-9-13(8-25-29)16-7-17(27-19(30)12-1-2-12)26-18-15(16)3-5-24-18/h3,5,7-9,12,14H,1-2,4,6,10-11H2,(H2,24,26,27,30). The van der Waals surface area contributed by atoms with Gasteiger partial charge in [-0.05, 0) is 30.5 Å². The number of carbonyl (C=O) groups is 1. The van der Waals surface area contributed by atoms with Gasteiger partial charge in [0.15, 0.2) is 0 Å². The van der Waals surface area contributed by atoms with Crippen LogP contribution in [0.5, 0.6) is 0 Å². The van der Waals surface area contributed by atoms with Gasteiger partial charge in [-0.15, -0.1) is 0 Å². The van der Waals surface area contributed by atoms with Gasteiger partial charge in [-0.2, -0.15) is 18.3 Å². The van der Waals surface area contributed by atoms with E-state index in [4.69, 9.17) is 0 Å². The second-order valence-corrected chi connectivity index (χ2v) is 8.05. The van der Waals surface area contributed by atoms with Crippen molar-refractivity contribution >= 4 is 22.8 Å². The highest BCUT2D eigenvalue weighted by Gasteiger charge is 2.34. The number of nitrogens with one attached hydrogen (secondary N) is 2. The van der Waals surface area contributed by atoms with Crippen LogP contribution in [0.4, 0.5) is 19.0 Å². The zero-order valence-electron chi connectivity index (χ0n) is 16.1. The highest BCUT2D eigenvalue weighted by atomic mass is 19.4. The number of anilines is 1. The van der Waals surface area contributed by atoms with E-state index in [1.165, 1.54) is 0 Å². The molecule has 30 heavy (non-hydrogen) atoms. The lowest BCUT2D eigenvalue weighted by Gasteiger charge is -2.39. The Kier molecular flexibility index (Phi) is 4.53. The molecular weight excluding hydrogens is 397 g/mol. The number of hydrogen-bond donors (Lipinski definition) is 2. The molecule has 2 fully saturated rings. The Labute approximate surface area is 170 Å². The van der Waals surface area contributed by atoms with Crippen LogP contribution in [-0.2, 0) is 4.79 Å². The third-order valence-corrected chi connectivity index (χ3v) is 5.66. The fourth-order valence-electron chi connectivity index (χ4n) is 3.77. The molecule has 1 aliphatic carbocycles. The zero-order chi connectivity index (χ0) is 20.9. The highest BCUT2D eigenvalue weighted by molar-refractivity contribution is 5.98. The summed E-state index contributed by atoms with van der Waals surface area (Å²) in [7, 11) is 0. The topological polar surface area (TPSA) is 78.8 Å². The number of H-pyrrole nitrogens is 1. The van der Waals surface area contributed by atoms with Crippen LogP contribution in [0.1, 0.15) is 25.3 Å². The van der Waals surface area contributed by atoms with Gasteiger partial charge in [0.25, 0.3) is 0 Å². The van der Waals surface area contributed by atoms with Crippen LogP contribution in [0.15, 0.2) is 30.7 Å². The lowest BCUT2D eigenvalue weighted by molar-refractivity contribution is -0.141. The maximum atomic E-state index is 12.4. The molecule has 1 saturated carbocycles. The molecule has 3 aromatic heterocycles. The molecule has 0 radical (unpaired) electrons. The summed E-state index contributed by atoms with van der Waals surface area (Å²) in [6.45, 7) is 1.12. The first-order valence-corrected chi connectivity index (χ1v) is 9.98. The van der Waals surface area contributed by atoms with Crippen LogP contribution in [0.3, 0.4) is 0 Å². The van der Waals surface area contributed by atoms with Crippen LogP contribution in [0, 0.1) is 5.92 Å². The molecule has 2 aliphatic rings. The number of nitrogens with zero attached hydrogens (tertiary/aromatic N) is 4. The third kappa shape index (κ3) is 3.91. The number of hydrogen-bond acceptors (Lipinski definition) is 4. The van der Waals surface area contributed by atoms with Gasteiger partial charge in [0.05, 0.1) is 18.7 Å². The first-order chi connectivity index (χ1) is 14.4. The first-order valence-electron chi connectivity index (χ1n) is 9.98. The minimum absolute atomic E-state index is 0.0107. The summed E-state index contributed by atoms with van der Waals surface area (Å²) in [5.74, 6) is 0.561. The van der Waals surface area contributed by atoms with Gasteiger partial charge >= 0.3 is 6.18 Å². The van der Waals surface area contributed by atoms with Gasteiger partial charge in [0.2, 0.25) is 5.91 Å². The number of aromatic amines is 1. The molecule has 2 N–H and O–H groups in total. The highest BCUT2D eigenvalue weighted by Crippen LogP contribution is 2.33. The largest absolute Gasteiger partial charge is 0.390 e. The van der Waals surface area contributed by atoms with Gasteiger partial charge in [-0.25, -0.2) is 4.98 Å². The number of aromatic nitrogens is 4. The van der Waals surface area contributed by atoms with Gasteiger partial charge < -0.3 is 10.3 Å². The van der Waals surface area contributed by atoms with E-state index in [0.29, 0.717) is 24.6 Å². The van der Waals surface area contributed by atoms with Gasteiger partial charge in [0, 0.05) is 48.9 Å². The van der Waals surface area contributed by atoms with Crippen LogP contribution < -0.4 is 5.32 Å². The minimum atomic E-state index is -4.13. The summed E-state index contributed by atoms with van der Waals surface area (Å²) >= 11 is 0. The Hall–Kier alpha value is -2.88. The molecule has 3 aromatic rings. The van der Waals surface area contributed by atoms with Crippen molar-refractivity contribution < 1.29 is 18.0 Å². The number of fused-ring (bicyclic) bond motifs is 1. The lowest BCUT2D eigenvalue weighted by Crippen LogP contribution is -2.48. The number of amides is 1. The molecule has 1 aliphatic heterocycles. The van der Waals surface area contributed by atoms with E-state index in [2.05, 4.69) is 20.4 Å². The number of alkyl halides is 3. The number of carbonyl (C=O) groups excluding carboxylic acids is 1. The third-order valence-electron chi connectivity index (χ3n) is 5.66. The van der Waals surface area contributed by atoms with E-state index >= 15 is 0 Å². The van der Waals surface area contributed by atoms with Crippen molar-refractivity contribution in [2.24, 2.45) is 5.92 Å². The van der Waals surface area contributed by atoms with Crippen molar-refractivity contribution in [3.8, 4) is 11.1 Å². The molecule has 7 nitrogen and oxygen atoms in total. The molecule has 1 saturated heterocycles. The van der Waals surface area contributed by atoms with Crippen molar-refractivity contribution in [1.82, 2.24) is 24.6 Å². The molecular formula is C20H21F3N6O. The first kappa shape index (κ1) is 19.1. The lowest BCUT2D eigenvalue weighted by atomic mass is 10.1. The molecule has 4 heterocycles. The number of pyridine rings is 1. The summed E-state index contributed by atoms with van der Waals surface area (Å²) in [6, 6.07) is 3.82. The van der Waals surface area contributed by atoms with Crippen LogP contribution in [0.2, 0.25) is 0 Å². The second-order valence-electron chi connectivity index (χ2n) is 8.05. The van der Waals surface area contributed by atoms with E-state index in [9.17, 15) is 18.0 Å². The Morgan fingerprint density at radius 3 is 2.83 bits per heavy atom.